The number of nitrogens with one attached hydrogen (secondary N) is 1. The van der Waals surface area contributed by atoms with Crippen LogP contribution in [-0.2, 0) is 24.8 Å². The molecule has 154 valence electrons. The van der Waals surface area contributed by atoms with Crippen LogP contribution in [0.25, 0.3) is 10.9 Å². The van der Waals surface area contributed by atoms with E-state index < -0.39 is 0 Å². The van der Waals surface area contributed by atoms with E-state index in [-0.39, 0.29) is 11.9 Å². The van der Waals surface area contributed by atoms with Crippen LogP contribution in [0.1, 0.15) is 48.7 Å². The van der Waals surface area contributed by atoms with Crippen molar-refractivity contribution in [2.45, 2.75) is 44.7 Å². The summed E-state index contributed by atoms with van der Waals surface area (Å²) in [6.07, 6.45) is 6.52. The summed E-state index contributed by atoms with van der Waals surface area (Å²) >= 11 is 0. The highest BCUT2D eigenvalue weighted by Gasteiger charge is 2.31. The molecule has 3 aromatic rings. The molecule has 6 heteroatoms. The highest BCUT2D eigenvalue weighted by atomic mass is 16.2. The predicted molar refractivity (Wildman–Crippen MR) is 116 cm³/mol. The Morgan fingerprint density at radius 3 is 2.97 bits per heavy atom. The minimum atomic E-state index is 0.123. The second-order valence-corrected chi connectivity index (χ2v) is 8.38. The molecule has 4 rings (SSSR count). The molecule has 0 saturated carbocycles. The molecule has 1 amide bonds. The predicted octanol–water partition coefficient (Wildman–Crippen LogP) is 3.65. The average molecular weight is 394 g/mol. The molecule has 1 aliphatic rings. The Hall–Kier alpha value is -2.60. The molecule has 1 atom stereocenters. The molecule has 0 bridgehead atoms. The van der Waals surface area contributed by atoms with Crippen molar-refractivity contribution in [3.63, 3.8) is 0 Å². The van der Waals surface area contributed by atoms with Crippen LogP contribution in [0.3, 0.4) is 0 Å². The van der Waals surface area contributed by atoms with E-state index in [0.29, 0.717) is 6.42 Å². The van der Waals surface area contributed by atoms with Gasteiger partial charge in [-0.25, -0.2) is 0 Å². The molecule has 2 aromatic heterocycles. The van der Waals surface area contributed by atoms with Gasteiger partial charge in [0.1, 0.15) is 0 Å². The summed E-state index contributed by atoms with van der Waals surface area (Å²) in [5, 5.41) is 5.99. The van der Waals surface area contributed by atoms with Crippen molar-refractivity contribution in [2.75, 3.05) is 20.6 Å². The minimum Gasteiger partial charge on any atom is -0.361 e. The average Bonchev–Trinajstić information content (AvgIpc) is 3.41. The van der Waals surface area contributed by atoms with Gasteiger partial charge in [0.05, 0.1) is 17.4 Å². The van der Waals surface area contributed by atoms with Crippen LogP contribution in [0, 0.1) is 0 Å². The molecular formula is C23H31N5O. The van der Waals surface area contributed by atoms with Gasteiger partial charge in [0.25, 0.3) is 0 Å². The van der Waals surface area contributed by atoms with Crippen LogP contribution < -0.4 is 0 Å². The van der Waals surface area contributed by atoms with Crippen LogP contribution in [-0.4, -0.2) is 51.1 Å². The van der Waals surface area contributed by atoms with Crippen LogP contribution in [0.5, 0.6) is 0 Å². The van der Waals surface area contributed by atoms with E-state index in [4.69, 9.17) is 5.10 Å². The van der Waals surface area contributed by atoms with Crippen LogP contribution >= 0.6 is 0 Å². The molecule has 1 saturated heterocycles. The van der Waals surface area contributed by atoms with E-state index in [0.717, 1.165) is 50.0 Å². The first-order valence-corrected chi connectivity index (χ1v) is 10.5. The lowest BCUT2D eigenvalue weighted by Gasteiger charge is -2.23. The summed E-state index contributed by atoms with van der Waals surface area (Å²) in [6, 6.07) is 10.6. The number of rotatable bonds is 7. The van der Waals surface area contributed by atoms with Gasteiger partial charge >= 0.3 is 0 Å². The maximum absolute atomic E-state index is 13.0. The number of fused-ring (bicyclic) bond motifs is 1. The van der Waals surface area contributed by atoms with Gasteiger partial charge in [0.15, 0.2) is 0 Å². The summed E-state index contributed by atoms with van der Waals surface area (Å²) in [4.78, 5) is 20.5. The standard InChI is InChI=1S/C23H31N5O/c1-26(2)16-18-14-21(25-27(18)3)22-11-7-13-28(22)23(29)12-6-8-17-15-24-20-10-5-4-9-19(17)20/h4-5,9-10,14-15,22,24H,6-8,11-13,16H2,1-3H3. The number of hydrogen-bond donors (Lipinski definition) is 1. The third-order valence-corrected chi connectivity index (χ3v) is 5.90. The lowest BCUT2D eigenvalue weighted by atomic mass is 10.1. The van der Waals surface area contributed by atoms with Crippen LogP contribution in [0.2, 0.25) is 0 Å². The number of aromatic nitrogens is 3. The number of carbonyl (C=O) groups excluding carboxylic acids is 1. The van der Waals surface area contributed by atoms with E-state index in [1.807, 2.05) is 17.8 Å². The Labute approximate surface area is 172 Å². The van der Waals surface area contributed by atoms with Crippen molar-refractivity contribution in [2.24, 2.45) is 7.05 Å². The quantitative estimate of drug-likeness (QED) is 0.667. The molecule has 3 heterocycles. The second-order valence-electron chi connectivity index (χ2n) is 8.38. The number of aromatic amines is 1. The van der Waals surface area contributed by atoms with Gasteiger partial charge in [-0.05, 0) is 57.5 Å². The lowest BCUT2D eigenvalue weighted by Crippen LogP contribution is -2.30. The summed E-state index contributed by atoms with van der Waals surface area (Å²) in [7, 11) is 6.11. The number of nitrogens with zero attached hydrogens (tertiary/aromatic N) is 4. The van der Waals surface area contributed by atoms with E-state index >= 15 is 0 Å². The first-order chi connectivity index (χ1) is 14.0. The number of H-pyrrole nitrogens is 1. The van der Waals surface area contributed by atoms with Gasteiger partial charge in [-0.2, -0.15) is 5.10 Å². The van der Waals surface area contributed by atoms with Crippen molar-refractivity contribution < 1.29 is 4.79 Å². The van der Waals surface area contributed by atoms with Crippen molar-refractivity contribution in [3.05, 3.63) is 53.5 Å². The largest absolute Gasteiger partial charge is 0.361 e. The van der Waals surface area contributed by atoms with Gasteiger partial charge in [-0.1, -0.05) is 18.2 Å². The smallest absolute Gasteiger partial charge is 0.223 e. The molecule has 1 aliphatic heterocycles. The molecule has 29 heavy (non-hydrogen) atoms. The fourth-order valence-corrected chi connectivity index (χ4v) is 4.45. The summed E-state index contributed by atoms with van der Waals surface area (Å²) in [5.41, 5.74) is 4.68. The number of likely N-dealkylation sites (tertiary alicyclic amines) is 1. The van der Waals surface area contributed by atoms with Crippen LogP contribution in [0.15, 0.2) is 36.5 Å². The topological polar surface area (TPSA) is 57.2 Å². The van der Waals surface area contributed by atoms with E-state index in [2.05, 4.69) is 59.3 Å². The molecule has 1 aromatic carbocycles. The SMILES string of the molecule is CN(C)Cc1cc(C2CCCN2C(=O)CCCc2c[nH]c3ccccc23)nn1C. The Morgan fingerprint density at radius 1 is 1.31 bits per heavy atom. The zero-order valence-corrected chi connectivity index (χ0v) is 17.7. The van der Waals surface area contributed by atoms with Gasteiger partial charge in [0.2, 0.25) is 5.91 Å². The molecule has 0 spiro atoms. The summed E-state index contributed by atoms with van der Waals surface area (Å²) in [6.45, 7) is 1.70. The Bertz CT molecular complexity index is 986. The molecule has 6 nitrogen and oxygen atoms in total. The molecular weight excluding hydrogens is 362 g/mol. The molecule has 1 N–H and O–H groups in total. The first-order valence-electron chi connectivity index (χ1n) is 10.5. The molecule has 1 unspecified atom stereocenters. The van der Waals surface area contributed by atoms with Crippen molar-refractivity contribution in [1.29, 1.82) is 0 Å². The summed E-state index contributed by atoms with van der Waals surface area (Å²) in [5.74, 6) is 0.257. The van der Waals surface area contributed by atoms with Crippen molar-refractivity contribution in [3.8, 4) is 0 Å². The van der Waals surface area contributed by atoms with Gasteiger partial charge < -0.3 is 14.8 Å². The maximum atomic E-state index is 13.0. The lowest BCUT2D eigenvalue weighted by molar-refractivity contribution is -0.132. The fraction of sp³-hybridized carbons (Fsp3) is 0.478. The molecule has 1 fully saturated rings. The monoisotopic (exact) mass is 393 g/mol. The number of aryl methyl sites for hydroxylation is 2. The Balaban J connectivity index is 1.38. The minimum absolute atomic E-state index is 0.123. The third kappa shape index (κ3) is 4.22. The first kappa shape index (κ1) is 19.7. The second kappa shape index (κ2) is 8.41. The van der Waals surface area contributed by atoms with Crippen molar-refractivity contribution in [1.82, 2.24) is 24.6 Å². The number of para-hydroxylation sites is 1. The highest BCUT2D eigenvalue weighted by molar-refractivity contribution is 5.83. The van der Waals surface area contributed by atoms with Gasteiger partial charge in [-0.15, -0.1) is 0 Å². The number of carbonyl (C=O) groups is 1. The van der Waals surface area contributed by atoms with E-state index in [1.165, 1.54) is 16.6 Å². The summed E-state index contributed by atoms with van der Waals surface area (Å²) < 4.78 is 1.95. The van der Waals surface area contributed by atoms with E-state index in [1.54, 1.807) is 0 Å². The fourth-order valence-electron chi connectivity index (χ4n) is 4.45. The Morgan fingerprint density at radius 2 is 2.14 bits per heavy atom. The highest BCUT2D eigenvalue weighted by Crippen LogP contribution is 2.32. The zero-order valence-electron chi connectivity index (χ0n) is 17.7. The van der Waals surface area contributed by atoms with E-state index in [9.17, 15) is 4.79 Å². The number of amides is 1. The van der Waals surface area contributed by atoms with Gasteiger partial charge in [-0.3, -0.25) is 9.48 Å². The third-order valence-electron chi connectivity index (χ3n) is 5.90. The van der Waals surface area contributed by atoms with Crippen LogP contribution in [0.4, 0.5) is 0 Å². The normalized spacial score (nSPS) is 17.0. The molecule has 0 aliphatic carbocycles. The number of hydrogen-bond acceptors (Lipinski definition) is 3. The number of benzene rings is 1. The van der Waals surface area contributed by atoms with Crippen molar-refractivity contribution >= 4 is 16.8 Å². The zero-order chi connectivity index (χ0) is 20.4. The molecule has 0 radical (unpaired) electrons. The Kier molecular flexibility index (Phi) is 5.72. The maximum Gasteiger partial charge on any atom is 0.223 e. The van der Waals surface area contributed by atoms with Gasteiger partial charge in [0, 0.05) is 43.7 Å².